The molecule has 0 atom stereocenters. The minimum atomic E-state index is -1.18. The van der Waals surface area contributed by atoms with Gasteiger partial charge in [0.15, 0.2) is 0 Å². The molecule has 3 aromatic rings. The molecule has 4 N–H and O–H groups in total. The van der Waals surface area contributed by atoms with Gasteiger partial charge in [0.2, 0.25) is 0 Å². The van der Waals surface area contributed by atoms with Crippen molar-refractivity contribution in [3.05, 3.63) is 107 Å². The minimum absolute atomic E-state index is 0.00765. The van der Waals surface area contributed by atoms with E-state index in [0.717, 1.165) is 0 Å². The van der Waals surface area contributed by atoms with E-state index in [0.29, 0.717) is 11.3 Å². The van der Waals surface area contributed by atoms with Crippen LogP contribution < -0.4 is 10.5 Å². The average molecular weight is 443 g/mol. The molecular formula is C24H17N3O6. The number of carbonyl (C=O) groups is 3. The van der Waals surface area contributed by atoms with E-state index in [9.17, 15) is 29.7 Å². The number of nitrogens with one attached hydrogen (secondary N) is 1. The smallest absolute Gasteiger partial charge is 0.337 e. The Hall–Kier alpha value is -4.92. The van der Waals surface area contributed by atoms with Gasteiger partial charge >= 0.3 is 17.9 Å². The van der Waals surface area contributed by atoms with Gasteiger partial charge in [0, 0.05) is 11.1 Å². The first-order valence-corrected chi connectivity index (χ1v) is 9.71. The maximum absolute atomic E-state index is 11.8. The predicted octanol–water partition coefficient (Wildman–Crippen LogP) is 3.55. The Morgan fingerprint density at radius 1 is 0.667 bits per heavy atom. The fourth-order valence-electron chi connectivity index (χ4n) is 3.47. The summed E-state index contributed by atoms with van der Waals surface area (Å²) in [4.78, 5) is 35.4. The fourth-order valence-corrected chi connectivity index (χ4v) is 3.47. The third kappa shape index (κ3) is 4.15. The molecule has 1 heterocycles. The van der Waals surface area contributed by atoms with Gasteiger partial charge in [-0.1, -0.05) is 48.5 Å². The van der Waals surface area contributed by atoms with Crippen molar-refractivity contribution in [1.82, 2.24) is 5.43 Å². The maximum atomic E-state index is 11.8. The number of hydrogen-bond acceptors (Lipinski definition) is 6. The number of allylic oxidation sites excluding steroid dienone is 1. The van der Waals surface area contributed by atoms with Crippen molar-refractivity contribution in [3.8, 4) is 0 Å². The summed E-state index contributed by atoms with van der Waals surface area (Å²) in [5.41, 5.74) is 4.22. The van der Waals surface area contributed by atoms with Gasteiger partial charge in [0.1, 0.15) is 0 Å². The summed E-state index contributed by atoms with van der Waals surface area (Å²) in [5, 5.41) is 34.5. The van der Waals surface area contributed by atoms with Crippen LogP contribution in [0.2, 0.25) is 0 Å². The summed E-state index contributed by atoms with van der Waals surface area (Å²) in [6, 6.07) is 18.7. The highest BCUT2D eigenvalue weighted by Crippen LogP contribution is 2.28. The third-order valence-electron chi connectivity index (χ3n) is 4.96. The number of nitrogens with zero attached hydrogens (tertiary/aromatic N) is 2. The lowest BCUT2D eigenvalue weighted by Gasteiger charge is -2.29. The summed E-state index contributed by atoms with van der Waals surface area (Å²) < 4.78 is 0. The Morgan fingerprint density at radius 3 is 1.76 bits per heavy atom. The van der Waals surface area contributed by atoms with Crippen molar-refractivity contribution in [2.24, 2.45) is 5.10 Å². The Labute approximate surface area is 187 Å². The molecule has 0 spiro atoms. The lowest BCUT2D eigenvalue weighted by Crippen LogP contribution is -2.38. The van der Waals surface area contributed by atoms with Gasteiger partial charge in [0.05, 0.1) is 33.8 Å². The third-order valence-corrected chi connectivity index (χ3v) is 4.96. The van der Waals surface area contributed by atoms with Crippen molar-refractivity contribution in [3.63, 3.8) is 0 Å². The van der Waals surface area contributed by atoms with E-state index in [2.05, 4.69) is 10.5 Å². The number of para-hydroxylation sites is 1. The van der Waals surface area contributed by atoms with Crippen molar-refractivity contribution in [1.29, 1.82) is 0 Å². The molecule has 3 aromatic carbocycles. The predicted molar refractivity (Wildman–Crippen MR) is 120 cm³/mol. The molecule has 4 rings (SSSR count). The van der Waals surface area contributed by atoms with E-state index in [4.69, 9.17) is 0 Å². The summed E-state index contributed by atoms with van der Waals surface area (Å²) in [6.45, 7) is 0. The van der Waals surface area contributed by atoms with Crippen LogP contribution in [-0.2, 0) is 0 Å². The normalized spacial score (nSPS) is 12.9. The zero-order valence-corrected chi connectivity index (χ0v) is 17.0. The number of hydrazine groups is 1. The number of hydrogen-bond donors (Lipinski definition) is 4. The van der Waals surface area contributed by atoms with Crippen molar-refractivity contribution in [2.45, 2.75) is 0 Å². The summed E-state index contributed by atoms with van der Waals surface area (Å²) in [5.74, 6) is -3.50. The molecule has 0 aromatic heterocycles. The van der Waals surface area contributed by atoms with Crippen LogP contribution in [0.15, 0.2) is 84.0 Å². The Morgan fingerprint density at radius 2 is 1.15 bits per heavy atom. The molecule has 0 unspecified atom stereocenters. The highest BCUT2D eigenvalue weighted by Gasteiger charge is 2.25. The minimum Gasteiger partial charge on any atom is -0.478 e. The number of anilines is 1. The average Bonchev–Trinajstić information content (AvgIpc) is 2.83. The molecule has 0 amide bonds. The zero-order chi connectivity index (χ0) is 23.5. The first kappa shape index (κ1) is 21.3. The molecule has 9 heteroatoms. The van der Waals surface area contributed by atoms with Gasteiger partial charge in [-0.05, 0) is 30.3 Å². The second-order valence-corrected chi connectivity index (χ2v) is 6.99. The largest absolute Gasteiger partial charge is 0.478 e. The molecule has 9 nitrogen and oxygen atoms in total. The van der Waals surface area contributed by atoms with Crippen molar-refractivity contribution < 1.29 is 29.7 Å². The van der Waals surface area contributed by atoms with E-state index in [1.54, 1.807) is 48.5 Å². The standard InChI is InChI=1S/C24H17N3O6/c28-22(29)16-9-3-1-7-14(16)19-13-20(15-8-2-4-10-17(15)23(30)31)26-27(25-19)21-12-6-5-11-18(21)24(32)33/h1-13,25H,(H,28,29)(H,30,31)(H,32,33). The van der Waals surface area contributed by atoms with Gasteiger partial charge in [-0.15, -0.1) is 0 Å². The number of rotatable bonds is 6. The van der Waals surface area contributed by atoms with Gasteiger partial charge in [0.25, 0.3) is 0 Å². The Bertz CT molecular complexity index is 1350. The van der Waals surface area contributed by atoms with Crippen LogP contribution in [0.25, 0.3) is 5.70 Å². The van der Waals surface area contributed by atoms with E-state index >= 15 is 0 Å². The first-order chi connectivity index (χ1) is 15.9. The van der Waals surface area contributed by atoms with Crippen LogP contribution in [0.4, 0.5) is 5.69 Å². The number of carboxylic acids is 3. The van der Waals surface area contributed by atoms with Crippen LogP contribution in [0.1, 0.15) is 42.2 Å². The molecule has 33 heavy (non-hydrogen) atoms. The molecule has 164 valence electrons. The van der Waals surface area contributed by atoms with Gasteiger partial charge < -0.3 is 15.3 Å². The van der Waals surface area contributed by atoms with Crippen molar-refractivity contribution >= 4 is 35.0 Å². The topological polar surface area (TPSA) is 140 Å². The highest BCUT2D eigenvalue weighted by molar-refractivity contribution is 6.18. The van der Waals surface area contributed by atoms with Crippen LogP contribution in [0, 0.1) is 0 Å². The fraction of sp³-hybridized carbons (Fsp3) is 0. The van der Waals surface area contributed by atoms with Gasteiger partial charge in [-0.3, -0.25) is 5.43 Å². The van der Waals surface area contributed by atoms with Gasteiger partial charge in [-0.25, -0.2) is 14.4 Å². The molecule has 1 aliphatic heterocycles. The molecular weight excluding hydrogens is 426 g/mol. The summed E-state index contributed by atoms with van der Waals surface area (Å²) >= 11 is 0. The number of carboxylic acid groups (broad SMARTS) is 3. The molecule has 0 radical (unpaired) electrons. The van der Waals surface area contributed by atoms with E-state index in [1.807, 2.05) is 0 Å². The second-order valence-electron chi connectivity index (χ2n) is 6.99. The van der Waals surface area contributed by atoms with Crippen LogP contribution >= 0.6 is 0 Å². The summed E-state index contributed by atoms with van der Waals surface area (Å²) in [6.07, 6.45) is 1.53. The Balaban J connectivity index is 1.94. The highest BCUT2D eigenvalue weighted by atomic mass is 16.4. The van der Waals surface area contributed by atoms with Crippen LogP contribution in [-0.4, -0.2) is 38.9 Å². The molecule has 1 aliphatic rings. The SMILES string of the molecule is O=C(O)c1ccccc1C1=CC(c2ccccc2C(=O)O)=NN(c2ccccc2C(=O)O)N1. The lowest BCUT2D eigenvalue weighted by molar-refractivity contribution is 0.0686. The number of benzene rings is 3. The monoisotopic (exact) mass is 443 g/mol. The molecule has 0 saturated carbocycles. The molecule has 0 fully saturated rings. The van der Waals surface area contributed by atoms with E-state index < -0.39 is 17.9 Å². The Kier molecular flexibility index (Phi) is 5.60. The first-order valence-electron chi connectivity index (χ1n) is 9.71. The van der Waals surface area contributed by atoms with Crippen LogP contribution in [0.3, 0.4) is 0 Å². The second kappa shape index (κ2) is 8.67. The van der Waals surface area contributed by atoms with Gasteiger partial charge in [-0.2, -0.15) is 10.2 Å². The molecule has 0 saturated heterocycles. The van der Waals surface area contributed by atoms with E-state index in [1.165, 1.54) is 35.5 Å². The summed E-state index contributed by atoms with van der Waals surface area (Å²) in [7, 11) is 0. The number of aromatic carboxylic acids is 3. The zero-order valence-electron chi connectivity index (χ0n) is 17.0. The number of hydrazone groups is 1. The quantitative estimate of drug-likeness (QED) is 0.454. The van der Waals surface area contributed by atoms with E-state index in [-0.39, 0.29) is 33.7 Å². The van der Waals surface area contributed by atoms with Crippen molar-refractivity contribution in [2.75, 3.05) is 5.12 Å². The lowest BCUT2D eigenvalue weighted by atomic mass is 9.98. The molecule has 0 aliphatic carbocycles. The molecule has 0 bridgehead atoms. The maximum Gasteiger partial charge on any atom is 0.337 e. The van der Waals surface area contributed by atoms with Crippen LogP contribution in [0.5, 0.6) is 0 Å².